The largest absolute Gasteiger partial charge is 0.389 e. The van der Waals surface area contributed by atoms with Crippen molar-refractivity contribution in [3.05, 3.63) is 0 Å². The Morgan fingerprint density at radius 1 is 1.62 bits per heavy atom. The molecule has 1 N–H and O–H groups in total. The molecule has 2 atom stereocenters. The van der Waals surface area contributed by atoms with Gasteiger partial charge in [0.05, 0.1) is 17.1 Å². The average molecular weight is 181 g/mol. The van der Waals surface area contributed by atoms with Gasteiger partial charge in [-0.05, 0) is 39.0 Å². The maximum Gasteiger partial charge on any atom is 0.0857 e. The number of hydrogen-bond donors (Lipinski definition) is 1. The lowest BCUT2D eigenvalue weighted by molar-refractivity contribution is -0.0213. The van der Waals surface area contributed by atoms with Gasteiger partial charge in [0.15, 0.2) is 0 Å². The normalized spacial score (nSPS) is 34.5. The molecule has 0 bridgehead atoms. The summed E-state index contributed by atoms with van der Waals surface area (Å²) < 4.78 is 0. The third-order valence-corrected chi connectivity index (χ3v) is 3.58. The first-order valence-electron chi connectivity index (χ1n) is 5.09. The van der Waals surface area contributed by atoms with Crippen molar-refractivity contribution >= 4 is 0 Å². The summed E-state index contributed by atoms with van der Waals surface area (Å²) in [6, 6.07) is 2.33. The summed E-state index contributed by atoms with van der Waals surface area (Å²) in [4.78, 5) is 0. The van der Waals surface area contributed by atoms with Crippen LogP contribution in [-0.4, -0.2) is 10.7 Å². The Kier molecular flexibility index (Phi) is 2.68. The van der Waals surface area contributed by atoms with Crippen LogP contribution in [0.1, 0.15) is 46.5 Å². The van der Waals surface area contributed by atoms with Crippen LogP contribution < -0.4 is 0 Å². The molecule has 0 aromatic heterocycles. The van der Waals surface area contributed by atoms with Crippen LogP contribution in [0.4, 0.5) is 0 Å². The van der Waals surface area contributed by atoms with Crippen molar-refractivity contribution in [1.29, 1.82) is 5.26 Å². The molecule has 2 unspecified atom stereocenters. The highest BCUT2D eigenvalue weighted by Gasteiger charge is 2.49. The fraction of sp³-hybridized carbons (Fsp3) is 0.909. The van der Waals surface area contributed by atoms with Crippen molar-refractivity contribution in [3.63, 3.8) is 0 Å². The molecule has 0 aliphatic heterocycles. The summed E-state index contributed by atoms with van der Waals surface area (Å²) in [6.07, 6.45) is 3.93. The van der Waals surface area contributed by atoms with E-state index in [4.69, 9.17) is 5.26 Å². The summed E-state index contributed by atoms with van der Waals surface area (Å²) in [5, 5.41) is 19.1. The summed E-state index contributed by atoms with van der Waals surface area (Å²) >= 11 is 0. The average Bonchev–Trinajstić information content (AvgIpc) is 2.47. The Bertz CT molecular complexity index is 223. The molecule has 1 aliphatic carbocycles. The molecule has 0 spiro atoms. The summed E-state index contributed by atoms with van der Waals surface area (Å²) in [6.45, 7) is 5.67. The Morgan fingerprint density at radius 3 is 2.46 bits per heavy atom. The van der Waals surface area contributed by atoms with Crippen LogP contribution in [0, 0.1) is 22.7 Å². The third-order valence-electron chi connectivity index (χ3n) is 3.58. The zero-order chi connectivity index (χ0) is 10.1. The van der Waals surface area contributed by atoms with Crippen LogP contribution >= 0.6 is 0 Å². The zero-order valence-corrected chi connectivity index (χ0v) is 8.80. The second-order valence-electron chi connectivity index (χ2n) is 4.77. The molecule has 13 heavy (non-hydrogen) atoms. The van der Waals surface area contributed by atoms with Crippen molar-refractivity contribution in [2.75, 3.05) is 0 Å². The van der Waals surface area contributed by atoms with Gasteiger partial charge in [-0.2, -0.15) is 5.26 Å². The maximum absolute atomic E-state index is 9.96. The minimum Gasteiger partial charge on any atom is -0.389 e. The van der Waals surface area contributed by atoms with E-state index in [1.54, 1.807) is 13.8 Å². The fourth-order valence-corrected chi connectivity index (χ4v) is 2.29. The maximum atomic E-state index is 9.96. The summed E-state index contributed by atoms with van der Waals surface area (Å²) in [5.41, 5.74) is -1.35. The zero-order valence-electron chi connectivity index (χ0n) is 8.80. The van der Waals surface area contributed by atoms with E-state index < -0.39 is 11.0 Å². The predicted molar refractivity (Wildman–Crippen MR) is 52.0 cm³/mol. The number of hydrogen-bond acceptors (Lipinski definition) is 2. The standard InChI is InChI=1S/C11H19NO/c1-4-9-5-6-11(7-9,8-12)10(2,3)13/h9,13H,4-7H2,1-3H3. The molecule has 0 aromatic rings. The third kappa shape index (κ3) is 1.71. The van der Waals surface area contributed by atoms with Crippen LogP contribution in [0.5, 0.6) is 0 Å². The van der Waals surface area contributed by atoms with Crippen molar-refractivity contribution in [2.24, 2.45) is 11.3 Å². The quantitative estimate of drug-likeness (QED) is 0.711. The van der Waals surface area contributed by atoms with Gasteiger partial charge in [0.2, 0.25) is 0 Å². The first-order valence-corrected chi connectivity index (χ1v) is 5.09. The summed E-state index contributed by atoms with van der Waals surface area (Å²) in [5.74, 6) is 0.631. The SMILES string of the molecule is CCC1CCC(C#N)(C(C)(C)O)C1. The highest BCUT2D eigenvalue weighted by atomic mass is 16.3. The Hall–Kier alpha value is -0.550. The highest BCUT2D eigenvalue weighted by molar-refractivity contribution is 5.11. The van der Waals surface area contributed by atoms with Crippen LogP contribution in [0.15, 0.2) is 0 Å². The minimum absolute atomic E-state index is 0.492. The van der Waals surface area contributed by atoms with E-state index >= 15 is 0 Å². The van der Waals surface area contributed by atoms with E-state index in [2.05, 4.69) is 13.0 Å². The lowest BCUT2D eigenvalue weighted by atomic mass is 9.73. The van der Waals surface area contributed by atoms with Gasteiger partial charge in [-0.25, -0.2) is 0 Å². The molecular formula is C11H19NO. The van der Waals surface area contributed by atoms with E-state index in [1.165, 1.54) is 0 Å². The molecule has 1 rings (SSSR count). The van der Waals surface area contributed by atoms with Gasteiger partial charge in [-0.3, -0.25) is 0 Å². The molecule has 1 fully saturated rings. The van der Waals surface area contributed by atoms with Gasteiger partial charge in [-0.15, -0.1) is 0 Å². The van der Waals surface area contributed by atoms with Crippen LogP contribution in [0.3, 0.4) is 0 Å². The molecule has 74 valence electrons. The Morgan fingerprint density at radius 2 is 2.23 bits per heavy atom. The first-order chi connectivity index (χ1) is 5.95. The van der Waals surface area contributed by atoms with E-state index in [9.17, 15) is 5.11 Å². The van der Waals surface area contributed by atoms with Crippen molar-refractivity contribution < 1.29 is 5.11 Å². The van der Waals surface area contributed by atoms with Crippen molar-refractivity contribution in [2.45, 2.75) is 52.1 Å². The molecule has 0 heterocycles. The second-order valence-corrected chi connectivity index (χ2v) is 4.77. The fourth-order valence-electron chi connectivity index (χ4n) is 2.29. The molecule has 0 saturated heterocycles. The van der Waals surface area contributed by atoms with Gasteiger partial charge < -0.3 is 5.11 Å². The second kappa shape index (κ2) is 3.31. The van der Waals surface area contributed by atoms with Gasteiger partial charge >= 0.3 is 0 Å². The lowest BCUT2D eigenvalue weighted by Crippen LogP contribution is -2.40. The molecule has 0 amide bonds. The highest BCUT2D eigenvalue weighted by Crippen LogP contribution is 2.49. The van der Waals surface area contributed by atoms with E-state index in [-0.39, 0.29) is 0 Å². The molecular weight excluding hydrogens is 162 g/mol. The molecule has 2 heteroatoms. The van der Waals surface area contributed by atoms with Crippen LogP contribution in [0.2, 0.25) is 0 Å². The number of nitriles is 1. The van der Waals surface area contributed by atoms with E-state index in [0.29, 0.717) is 5.92 Å². The number of aliphatic hydroxyl groups is 1. The first kappa shape index (κ1) is 10.5. The van der Waals surface area contributed by atoms with Gasteiger partial charge in [-0.1, -0.05) is 13.3 Å². The van der Waals surface area contributed by atoms with Crippen molar-refractivity contribution in [1.82, 2.24) is 0 Å². The Balaban J connectivity index is 2.82. The summed E-state index contributed by atoms with van der Waals surface area (Å²) in [7, 11) is 0. The Labute approximate surface area is 80.6 Å². The van der Waals surface area contributed by atoms with Crippen molar-refractivity contribution in [3.8, 4) is 6.07 Å². The predicted octanol–water partition coefficient (Wildman–Crippen LogP) is 2.48. The van der Waals surface area contributed by atoms with Gasteiger partial charge in [0.1, 0.15) is 0 Å². The molecule has 2 nitrogen and oxygen atoms in total. The van der Waals surface area contributed by atoms with Crippen LogP contribution in [0.25, 0.3) is 0 Å². The van der Waals surface area contributed by atoms with E-state index in [1.807, 2.05) is 0 Å². The topological polar surface area (TPSA) is 44.0 Å². The van der Waals surface area contributed by atoms with Crippen LogP contribution in [-0.2, 0) is 0 Å². The molecule has 0 radical (unpaired) electrons. The molecule has 1 aliphatic rings. The molecule has 0 aromatic carbocycles. The van der Waals surface area contributed by atoms with Gasteiger partial charge in [0.25, 0.3) is 0 Å². The number of nitrogens with zero attached hydrogens (tertiary/aromatic N) is 1. The van der Waals surface area contributed by atoms with E-state index in [0.717, 1.165) is 25.7 Å². The lowest BCUT2D eigenvalue weighted by Gasteiger charge is -2.34. The monoisotopic (exact) mass is 181 g/mol. The minimum atomic E-state index is -0.855. The van der Waals surface area contributed by atoms with Gasteiger partial charge in [0, 0.05) is 0 Å². The molecule has 1 saturated carbocycles. The smallest absolute Gasteiger partial charge is 0.0857 e. The number of rotatable bonds is 2.